The zero-order valence-corrected chi connectivity index (χ0v) is 10.6. The van der Waals surface area contributed by atoms with Crippen molar-refractivity contribution in [2.45, 2.75) is 13.8 Å². The van der Waals surface area contributed by atoms with Gasteiger partial charge in [-0.2, -0.15) is 5.10 Å². The zero-order valence-electron chi connectivity index (χ0n) is 10.6. The Morgan fingerprint density at radius 1 is 1.50 bits per heavy atom. The van der Waals surface area contributed by atoms with E-state index in [2.05, 4.69) is 5.10 Å². The molecule has 8 heteroatoms. The maximum absolute atomic E-state index is 11.7. The van der Waals surface area contributed by atoms with Crippen LogP contribution in [0.5, 0.6) is 0 Å². The molecule has 1 aliphatic rings. The van der Waals surface area contributed by atoms with Crippen LogP contribution in [0, 0.1) is 17.0 Å². The molecule has 0 N–H and O–H groups in total. The van der Waals surface area contributed by atoms with Crippen molar-refractivity contribution in [3.63, 3.8) is 0 Å². The molecule has 0 bridgehead atoms. The Balaban J connectivity index is 2.40. The summed E-state index contributed by atoms with van der Waals surface area (Å²) in [4.78, 5) is 25.6. The molecule has 0 radical (unpaired) electrons. The van der Waals surface area contributed by atoms with Crippen LogP contribution in [0.25, 0.3) is 0 Å². The number of nitro groups is 1. The van der Waals surface area contributed by atoms with Crippen LogP contribution < -0.4 is 4.90 Å². The van der Waals surface area contributed by atoms with Crippen molar-refractivity contribution in [3.05, 3.63) is 15.8 Å². The summed E-state index contributed by atoms with van der Waals surface area (Å²) >= 11 is 0. The topological polar surface area (TPSA) is 84.5 Å². The highest BCUT2D eigenvalue weighted by Gasteiger charge is 2.35. The number of aryl methyl sites for hydroxylation is 2. The average molecular weight is 253 g/mol. The summed E-state index contributed by atoms with van der Waals surface area (Å²) in [6, 6.07) is 0. The van der Waals surface area contributed by atoms with E-state index in [0.29, 0.717) is 24.7 Å². The molecule has 18 heavy (non-hydrogen) atoms. The second kappa shape index (κ2) is 4.28. The molecule has 2 heterocycles. The van der Waals surface area contributed by atoms with Crippen molar-refractivity contribution in [2.75, 3.05) is 24.7 Å². The number of carbonyl (C=O) groups excluding carboxylic acids is 1. The van der Waals surface area contributed by atoms with Gasteiger partial charge >= 0.3 is 5.69 Å². The Morgan fingerprint density at radius 3 is 2.67 bits per heavy atom. The van der Waals surface area contributed by atoms with Gasteiger partial charge in [0.15, 0.2) is 0 Å². The van der Waals surface area contributed by atoms with Gasteiger partial charge in [-0.25, -0.2) is 4.68 Å². The molecule has 2 rings (SSSR count). The van der Waals surface area contributed by atoms with Gasteiger partial charge in [-0.3, -0.25) is 14.9 Å². The van der Waals surface area contributed by atoms with Crippen molar-refractivity contribution in [3.8, 4) is 0 Å². The monoisotopic (exact) mass is 253 g/mol. The first-order valence-electron chi connectivity index (χ1n) is 5.66. The van der Waals surface area contributed by atoms with Gasteiger partial charge in [0, 0.05) is 13.6 Å². The first-order valence-corrected chi connectivity index (χ1v) is 5.66. The van der Waals surface area contributed by atoms with Gasteiger partial charge in [0.05, 0.1) is 11.6 Å². The summed E-state index contributed by atoms with van der Waals surface area (Å²) < 4.78 is 1.46. The molecule has 98 valence electrons. The molecule has 1 saturated heterocycles. The number of likely N-dealkylation sites (N-methyl/N-ethyl adjacent to an activating group) is 1. The smallest absolute Gasteiger partial charge is 0.324 e. The van der Waals surface area contributed by atoms with E-state index in [9.17, 15) is 14.9 Å². The van der Waals surface area contributed by atoms with Crippen molar-refractivity contribution in [1.82, 2.24) is 14.7 Å². The molecule has 0 atom stereocenters. The Bertz CT molecular complexity index is 510. The first-order chi connectivity index (χ1) is 8.45. The van der Waals surface area contributed by atoms with Gasteiger partial charge in [-0.05, 0) is 13.8 Å². The Morgan fingerprint density at radius 2 is 2.17 bits per heavy atom. The molecule has 0 aliphatic carbocycles. The molecule has 1 aromatic heterocycles. The molecule has 8 nitrogen and oxygen atoms in total. The van der Waals surface area contributed by atoms with E-state index in [0.717, 1.165) is 0 Å². The van der Waals surface area contributed by atoms with Crippen LogP contribution in [0.4, 0.5) is 11.5 Å². The van der Waals surface area contributed by atoms with E-state index < -0.39 is 4.92 Å². The third-order valence-electron chi connectivity index (χ3n) is 3.05. The fraction of sp³-hybridized carbons (Fsp3) is 0.600. The van der Waals surface area contributed by atoms with Crippen LogP contribution in [-0.4, -0.2) is 45.3 Å². The van der Waals surface area contributed by atoms with Crippen LogP contribution in [0.1, 0.15) is 12.6 Å². The van der Waals surface area contributed by atoms with Crippen molar-refractivity contribution in [2.24, 2.45) is 7.05 Å². The number of rotatable bonds is 3. The SMILES string of the molecule is CCN1CN(c2c([N+](=O)[O-])c(C)nn2C)CC1=O. The van der Waals surface area contributed by atoms with Crippen LogP contribution >= 0.6 is 0 Å². The minimum Gasteiger partial charge on any atom is -0.324 e. The normalized spacial score (nSPS) is 15.6. The van der Waals surface area contributed by atoms with Gasteiger partial charge in [0.2, 0.25) is 11.7 Å². The van der Waals surface area contributed by atoms with Crippen molar-refractivity contribution >= 4 is 17.4 Å². The molecular weight excluding hydrogens is 238 g/mol. The van der Waals surface area contributed by atoms with Crippen molar-refractivity contribution < 1.29 is 9.72 Å². The number of hydrogen-bond donors (Lipinski definition) is 0. The standard InChI is InChI=1S/C10H15N5O3/c1-4-13-6-14(5-8(13)16)10-9(15(17)18)7(2)11-12(10)3/h4-6H2,1-3H3. The lowest BCUT2D eigenvalue weighted by Crippen LogP contribution is -2.27. The number of hydrogen-bond acceptors (Lipinski definition) is 5. The summed E-state index contributed by atoms with van der Waals surface area (Å²) in [5, 5.41) is 15.1. The van der Waals surface area contributed by atoms with E-state index >= 15 is 0 Å². The largest absolute Gasteiger partial charge is 0.333 e. The lowest BCUT2D eigenvalue weighted by Gasteiger charge is -2.17. The van der Waals surface area contributed by atoms with E-state index in [1.54, 1.807) is 23.8 Å². The first kappa shape index (κ1) is 12.3. The third kappa shape index (κ3) is 1.79. The summed E-state index contributed by atoms with van der Waals surface area (Å²) in [5.41, 5.74) is 0.336. The molecule has 1 amide bonds. The molecule has 0 unspecified atom stereocenters. The predicted molar refractivity (Wildman–Crippen MR) is 64.2 cm³/mol. The Hall–Kier alpha value is -2.12. The van der Waals surface area contributed by atoms with Crippen LogP contribution in [0.2, 0.25) is 0 Å². The lowest BCUT2D eigenvalue weighted by molar-refractivity contribution is -0.384. The quantitative estimate of drug-likeness (QED) is 0.570. The van der Waals surface area contributed by atoms with Gasteiger partial charge < -0.3 is 9.80 Å². The second-order valence-electron chi connectivity index (χ2n) is 4.23. The van der Waals surface area contributed by atoms with Gasteiger partial charge in [-0.1, -0.05) is 0 Å². The number of aromatic nitrogens is 2. The highest BCUT2D eigenvalue weighted by atomic mass is 16.6. The fourth-order valence-corrected chi connectivity index (χ4v) is 2.22. The summed E-state index contributed by atoms with van der Waals surface area (Å²) in [5.74, 6) is 0.368. The second-order valence-corrected chi connectivity index (χ2v) is 4.23. The fourth-order valence-electron chi connectivity index (χ4n) is 2.22. The van der Waals surface area contributed by atoms with Crippen LogP contribution in [0.3, 0.4) is 0 Å². The molecule has 0 saturated carbocycles. The van der Waals surface area contributed by atoms with E-state index in [4.69, 9.17) is 0 Å². The number of nitrogens with zero attached hydrogens (tertiary/aromatic N) is 5. The highest BCUT2D eigenvalue weighted by Crippen LogP contribution is 2.32. The van der Waals surface area contributed by atoms with Crippen LogP contribution in [0.15, 0.2) is 0 Å². The van der Waals surface area contributed by atoms with Gasteiger partial charge in [-0.15, -0.1) is 0 Å². The van der Waals surface area contributed by atoms with Gasteiger partial charge in [0.25, 0.3) is 0 Å². The molecule has 1 fully saturated rings. The number of anilines is 1. The maximum Gasteiger partial charge on any atom is 0.333 e. The maximum atomic E-state index is 11.7. The van der Waals surface area contributed by atoms with E-state index in [1.165, 1.54) is 4.68 Å². The molecule has 1 aromatic rings. The minimum absolute atomic E-state index is 0.0225. The van der Waals surface area contributed by atoms with E-state index in [1.807, 2.05) is 6.92 Å². The number of amides is 1. The summed E-state index contributed by atoms with van der Waals surface area (Å²) in [6.07, 6.45) is 0. The highest BCUT2D eigenvalue weighted by molar-refractivity contribution is 5.85. The summed E-state index contributed by atoms with van der Waals surface area (Å²) in [7, 11) is 1.65. The summed E-state index contributed by atoms with van der Waals surface area (Å²) in [6.45, 7) is 4.60. The molecule has 1 aliphatic heterocycles. The Kier molecular flexibility index (Phi) is 2.93. The third-order valence-corrected chi connectivity index (χ3v) is 3.05. The predicted octanol–water partition coefficient (Wildman–Crippen LogP) is 0.263. The van der Waals surface area contributed by atoms with Gasteiger partial charge in [0.1, 0.15) is 12.2 Å². The average Bonchev–Trinajstić information content (AvgIpc) is 2.78. The van der Waals surface area contributed by atoms with Crippen molar-refractivity contribution in [1.29, 1.82) is 0 Å². The zero-order chi connectivity index (χ0) is 13.4. The minimum atomic E-state index is -0.448. The Labute approximate surface area is 104 Å². The van der Waals surface area contributed by atoms with E-state index in [-0.39, 0.29) is 18.1 Å². The van der Waals surface area contributed by atoms with Crippen LogP contribution in [-0.2, 0) is 11.8 Å². The number of carbonyl (C=O) groups is 1. The lowest BCUT2D eigenvalue weighted by atomic mass is 10.3. The molecule has 0 spiro atoms. The molecule has 0 aromatic carbocycles. The molecular formula is C10H15N5O3.